The molecule has 1 fully saturated rings. The fourth-order valence-electron chi connectivity index (χ4n) is 2.59. The van der Waals surface area contributed by atoms with Gasteiger partial charge in [0, 0.05) is 65.1 Å². The predicted molar refractivity (Wildman–Crippen MR) is 87.8 cm³/mol. The van der Waals surface area contributed by atoms with Gasteiger partial charge in [0.15, 0.2) is 0 Å². The van der Waals surface area contributed by atoms with Crippen molar-refractivity contribution in [3.63, 3.8) is 0 Å². The molecule has 1 amide bonds. The van der Waals surface area contributed by atoms with Crippen LogP contribution in [0.15, 0.2) is 18.5 Å². The average molecular weight is 305 g/mol. The number of nitrogens with zero attached hydrogens (tertiary/aromatic N) is 5. The molecule has 0 atom stereocenters. The van der Waals surface area contributed by atoms with Crippen LogP contribution < -0.4 is 4.90 Å². The minimum Gasteiger partial charge on any atom is -0.346 e. The monoisotopic (exact) mass is 305 g/mol. The van der Waals surface area contributed by atoms with Crippen LogP contribution in [0.2, 0.25) is 0 Å². The van der Waals surface area contributed by atoms with Crippen LogP contribution in [0.1, 0.15) is 26.2 Å². The van der Waals surface area contributed by atoms with Crippen LogP contribution in [0, 0.1) is 0 Å². The molecule has 6 heteroatoms. The Kier molecular flexibility index (Phi) is 6.58. The number of carbonyl (C=O) groups excluding carboxylic acids is 1. The Morgan fingerprint density at radius 2 is 1.91 bits per heavy atom. The van der Waals surface area contributed by atoms with Crippen LogP contribution in [0.4, 0.5) is 5.95 Å². The number of amides is 1. The van der Waals surface area contributed by atoms with Gasteiger partial charge >= 0.3 is 0 Å². The van der Waals surface area contributed by atoms with Crippen molar-refractivity contribution in [1.82, 2.24) is 19.8 Å². The molecule has 0 radical (unpaired) electrons. The molecule has 0 aliphatic carbocycles. The lowest BCUT2D eigenvalue weighted by Gasteiger charge is -2.34. The van der Waals surface area contributed by atoms with Crippen LogP contribution in [0.5, 0.6) is 0 Å². The van der Waals surface area contributed by atoms with E-state index in [0.717, 1.165) is 58.1 Å². The summed E-state index contributed by atoms with van der Waals surface area (Å²) >= 11 is 0. The summed E-state index contributed by atoms with van der Waals surface area (Å²) in [5.74, 6) is 1.06. The zero-order chi connectivity index (χ0) is 15.8. The number of carbonyl (C=O) groups is 1. The fourth-order valence-corrected chi connectivity index (χ4v) is 2.59. The summed E-state index contributed by atoms with van der Waals surface area (Å²) in [6, 6.07) is 1.83. The quantitative estimate of drug-likeness (QED) is 0.759. The van der Waals surface area contributed by atoms with E-state index >= 15 is 0 Å². The van der Waals surface area contributed by atoms with Crippen molar-refractivity contribution in [3.8, 4) is 0 Å². The topological polar surface area (TPSA) is 52.6 Å². The number of anilines is 1. The standard InChI is InChI=1S/C16H27N5O/c1-3-4-9-19(2)15(22)6-10-20-11-13-21(14-12-20)16-17-7-5-8-18-16/h5,7-8H,3-4,6,9-14H2,1-2H3. The highest BCUT2D eigenvalue weighted by Gasteiger charge is 2.19. The number of unbranched alkanes of at least 4 members (excludes halogenated alkanes) is 1. The zero-order valence-corrected chi connectivity index (χ0v) is 13.7. The van der Waals surface area contributed by atoms with Gasteiger partial charge in [-0.15, -0.1) is 0 Å². The molecule has 0 aromatic carbocycles. The van der Waals surface area contributed by atoms with Crippen molar-refractivity contribution in [2.75, 3.05) is 51.2 Å². The number of hydrogen-bond donors (Lipinski definition) is 0. The van der Waals surface area contributed by atoms with E-state index in [1.807, 2.05) is 18.0 Å². The van der Waals surface area contributed by atoms with Gasteiger partial charge < -0.3 is 9.80 Å². The Labute approximate surface area is 133 Å². The molecule has 1 aliphatic rings. The first-order valence-electron chi connectivity index (χ1n) is 8.19. The molecule has 1 aromatic heterocycles. The van der Waals surface area contributed by atoms with Gasteiger partial charge in [-0.2, -0.15) is 0 Å². The molecule has 1 aromatic rings. The second-order valence-electron chi connectivity index (χ2n) is 5.80. The average Bonchev–Trinajstić information content (AvgIpc) is 2.58. The molecule has 0 bridgehead atoms. The Morgan fingerprint density at radius 3 is 2.55 bits per heavy atom. The number of piperazine rings is 1. The van der Waals surface area contributed by atoms with Crippen molar-refractivity contribution in [3.05, 3.63) is 18.5 Å². The molecule has 122 valence electrons. The highest BCUT2D eigenvalue weighted by molar-refractivity contribution is 5.76. The van der Waals surface area contributed by atoms with Crippen LogP contribution in [-0.4, -0.2) is 72.0 Å². The van der Waals surface area contributed by atoms with Gasteiger partial charge in [0.05, 0.1) is 0 Å². The molecular weight excluding hydrogens is 278 g/mol. The molecule has 0 saturated carbocycles. The van der Waals surface area contributed by atoms with Crippen molar-refractivity contribution in [2.24, 2.45) is 0 Å². The zero-order valence-electron chi connectivity index (χ0n) is 13.7. The van der Waals surface area contributed by atoms with Gasteiger partial charge in [-0.05, 0) is 12.5 Å². The second kappa shape index (κ2) is 8.68. The molecule has 2 heterocycles. The van der Waals surface area contributed by atoms with Gasteiger partial charge in [0.25, 0.3) is 0 Å². The first-order valence-corrected chi connectivity index (χ1v) is 8.19. The molecule has 6 nitrogen and oxygen atoms in total. The maximum absolute atomic E-state index is 12.0. The van der Waals surface area contributed by atoms with E-state index in [1.165, 1.54) is 0 Å². The van der Waals surface area contributed by atoms with Gasteiger partial charge in [0.1, 0.15) is 0 Å². The summed E-state index contributed by atoms with van der Waals surface area (Å²) in [5, 5.41) is 0. The van der Waals surface area contributed by atoms with E-state index in [-0.39, 0.29) is 5.91 Å². The van der Waals surface area contributed by atoms with Crippen molar-refractivity contribution < 1.29 is 4.79 Å². The summed E-state index contributed by atoms with van der Waals surface area (Å²) < 4.78 is 0. The normalized spacial score (nSPS) is 15.8. The largest absolute Gasteiger partial charge is 0.346 e. The van der Waals surface area contributed by atoms with Crippen molar-refractivity contribution in [1.29, 1.82) is 0 Å². The lowest BCUT2D eigenvalue weighted by molar-refractivity contribution is -0.130. The Bertz CT molecular complexity index is 445. The van der Waals surface area contributed by atoms with Crippen LogP contribution >= 0.6 is 0 Å². The molecule has 0 N–H and O–H groups in total. The van der Waals surface area contributed by atoms with Crippen LogP contribution in [-0.2, 0) is 4.79 Å². The Balaban J connectivity index is 1.68. The highest BCUT2D eigenvalue weighted by Crippen LogP contribution is 2.10. The van der Waals surface area contributed by atoms with Crippen LogP contribution in [0.3, 0.4) is 0 Å². The third-order valence-corrected chi connectivity index (χ3v) is 4.12. The fraction of sp³-hybridized carbons (Fsp3) is 0.688. The molecular formula is C16H27N5O. The Morgan fingerprint density at radius 1 is 1.23 bits per heavy atom. The number of aromatic nitrogens is 2. The maximum atomic E-state index is 12.0. The smallest absolute Gasteiger partial charge is 0.225 e. The lowest BCUT2D eigenvalue weighted by atomic mass is 10.2. The van der Waals surface area contributed by atoms with E-state index < -0.39 is 0 Å². The summed E-state index contributed by atoms with van der Waals surface area (Å²) in [5.41, 5.74) is 0. The first kappa shape index (κ1) is 16.7. The van der Waals surface area contributed by atoms with Gasteiger partial charge in [-0.1, -0.05) is 13.3 Å². The summed E-state index contributed by atoms with van der Waals surface area (Å²) in [6.45, 7) is 7.63. The molecule has 0 spiro atoms. The number of rotatable bonds is 7. The minimum atomic E-state index is 0.252. The first-order chi connectivity index (χ1) is 10.7. The summed E-state index contributed by atoms with van der Waals surface area (Å²) in [7, 11) is 1.91. The summed E-state index contributed by atoms with van der Waals surface area (Å²) in [4.78, 5) is 27.0. The van der Waals surface area contributed by atoms with E-state index in [2.05, 4.69) is 26.7 Å². The van der Waals surface area contributed by atoms with Gasteiger partial charge in [-0.25, -0.2) is 9.97 Å². The molecule has 0 unspecified atom stereocenters. The third kappa shape index (κ3) is 4.94. The molecule has 1 aliphatic heterocycles. The second-order valence-corrected chi connectivity index (χ2v) is 5.80. The van der Waals surface area contributed by atoms with Gasteiger partial charge in [-0.3, -0.25) is 9.69 Å². The molecule has 1 saturated heterocycles. The lowest BCUT2D eigenvalue weighted by Crippen LogP contribution is -2.47. The summed E-state index contributed by atoms with van der Waals surface area (Å²) in [6.07, 6.45) is 6.38. The van der Waals surface area contributed by atoms with Gasteiger partial charge in [0.2, 0.25) is 11.9 Å². The molecule has 22 heavy (non-hydrogen) atoms. The number of hydrogen-bond acceptors (Lipinski definition) is 5. The van der Waals surface area contributed by atoms with Crippen molar-refractivity contribution in [2.45, 2.75) is 26.2 Å². The molecule has 2 rings (SSSR count). The minimum absolute atomic E-state index is 0.252. The SMILES string of the molecule is CCCCN(C)C(=O)CCN1CCN(c2ncccn2)CC1. The van der Waals surface area contributed by atoms with E-state index in [1.54, 1.807) is 12.4 Å². The predicted octanol–water partition coefficient (Wildman–Crippen LogP) is 1.25. The third-order valence-electron chi connectivity index (χ3n) is 4.12. The van der Waals surface area contributed by atoms with Crippen LogP contribution in [0.25, 0.3) is 0 Å². The maximum Gasteiger partial charge on any atom is 0.225 e. The van der Waals surface area contributed by atoms with E-state index in [9.17, 15) is 4.79 Å². The van der Waals surface area contributed by atoms with Crippen molar-refractivity contribution >= 4 is 11.9 Å². The van der Waals surface area contributed by atoms with E-state index in [0.29, 0.717) is 6.42 Å². The van der Waals surface area contributed by atoms with E-state index in [4.69, 9.17) is 0 Å². The Hall–Kier alpha value is -1.69. The highest BCUT2D eigenvalue weighted by atomic mass is 16.2.